The number of nitrogens with zero attached hydrogens (tertiary/aromatic N) is 1. The summed E-state index contributed by atoms with van der Waals surface area (Å²) in [4.78, 5) is 28.6. The average molecular weight is 429 g/mol. The Morgan fingerprint density at radius 3 is 2.52 bits per heavy atom. The number of benzene rings is 2. The van der Waals surface area contributed by atoms with Gasteiger partial charge in [-0.15, -0.1) is 11.3 Å². The van der Waals surface area contributed by atoms with Crippen LogP contribution in [0.3, 0.4) is 0 Å². The molecule has 0 aliphatic rings. The van der Waals surface area contributed by atoms with E-state index in [4.69, 9.17) is 4.74 Å². The molecule has 0 bridgehead atoms. The number of hydrogen-bond donors (Lipinski definition) is 1. The first kappa shape index (κ1) is 21.3. The van der Waals surface area contributed by atoms with E-state index in [9.17, 15) is 9.59 Å². The van der Waals surface area contributed by atoms with Crippen molar-refractivity contribution in [3.05, 3.63) is 59.7 Å². The number of fused-ring (bicyclic) bond motifs is 1. The first-order valence-corrected chi connectivity index (χ1v) is 11.3. The number of ether oxygens (including phenoxy) is 1. The van der Waals surface area contributed by atoms with Gasteiger partial charge in [0.15, 0.2) is 10.9 Å². The third kappa shape index (κ3) is 6.05. The van der Waals surface area contributed by atoms with Crippen LogP contribution in [0, 0.1) is 5.92 Å². The van der Waals surface area contributed by atoms with E-state index in [2.05, 4.69) is 16.4 Å². The lowest BCUT2D eigenvalue weighted by molar-refractivity contribution is -0.125. The van der Waals surface area contributed by atoms with Crippen molar-refractivity contribution >= 4 is 45.2 Å². The zero-order chi connectivity index (χ0) is 20.8. The minimum absolute atomic E-state index is 0.0356. The largest absolute Gasteiger partial charge is 0.452 e. The smallest absolute Gasteiger partial charge is 0.338 e. The van der Waals surface area contributed by atoms with Crippen LogP contribution in [0.25, 0.3) is 10.2 Å². The minimum Gasteiger partial charge on any atom is -0.452 e. The van der Waals surface area contributed by atoms with E-state index < -0.39 is 5.97 Å². The summed E-state index contributed by atoms with van der Waals surface area (Å²) in [6.07, 6.45) is 0. The molecule has 0 aliphatic carbocycles. The van der Waals surface area contributed by atoms with E-state index in [0.717, 1.165) is 21.2 Å². The summed E-state index contributed by atoms with van der Waals surface area (Å²) in [6, 6.07) is 15.4. The second kappa shape index (κ2) is 9.89. The second-order valence-corrected chi connectivity index (χ2v) is 9.36. The molecule has 1 heterocycles. The van der Waals surface area contributed by atoms with Gasteiger partial charge < -0.3 is 10.1 Å². The topological polar surface area (TPSA) is 68.3 Å². The summed E-state index contributed by atoms with van der Waals surface area (Å²) in [5, 5.41) is 2.81. The number of carbonyl (C=O) groups is 2. The quantitative estimate of drug-likeness (QED) is 0.408. The first-order chi connectivity index (χ1) is 13.9. The molecule has 2 aromatic carbocycles. The molecule has 1 amide bonds. The van der Waals surface area contributed by atoms with Crippen molar-refractivity contribution in [2.75, 3.05) is 6.61 Å². The predicted molar refractivity (Wildman–Crippen MR) is 118 cm³/mol. The highest BCUT2D eigenvalue weighted by molar-refractivity contribution is 8.00. The van der Waals surface area contributed by atoms with E-state index in [0.29, 0.717) is 11.5 Å². The van der Waals surface area contributed by atoms with Crippen LogP contribution < -0.4 is 5.32 Å². The number of thiazole rings is 1. The first-order valence-electron chi connectivity index (χ1n) is 9.46. The molecule has 1 aromatic heterocycles. The SMILES string of the molecule is CC(C)C(C)NC(=O)COC(=O)c1ccc(CSc2nc3ccccc3s2)cc1. The van der Waals surface area contributed by atoms with Crippen molar-refractivity contribution in [1.29, 1.82) is 0 Å². The Bertz CT molecular complexity index is 950. The summed E-state index contributed by atoms with van der Waals surface area (Å²) in [7, 11) is 0. The maximum Gasteiger partial charge on any atom is 0.338 e. The summed E-state index contributed by atoms with van der Waals surface area (Å²) >= 11 is 3.35. The maximum atomic E-state index is 12.1. The highest BCUT2D eigenvalue weighted by Crippen LogP contribution is 2.31. The van der Waals surface area contributed by atoms with Gasteiger partial charge in [0.05, 0.1) is 15.8 Å². The Labute approximate surface area is 178 Å². The molecule has 3 rings (SSSR count). The third-order valence-electron chi connectivity index (χ3n) is 4.55. The second-order valence-electron chi connectivity index (χ2n) is 7.11. The zero-order valence-corrected chi connectivity index (χ0v) is 18.3. The van der Waals surface area contributed by atoms with Gasteiger partial charge in [-0.05, 0) is 42.7 Å². The molecule has 0 saturated carbocycles. The van der Waals surface area contributed by atoms with Gasteiger partial charge in [-0.25, -0.2) is 9.78 Å². The fraction of sp³-hybridized carbons (Fsp3) is 0.318. The van der Waals surface area contributed by atoms with Crippen LogP contribution >= 0.6 is 23.1 Å². The van der Waals surface area contributed by atoms with E-state index >= 15 is 0 Å². The van der Waals surface area contributed by atoms with E-state index in [1.807, 2.05) is 51.1 Å². The number of thioether (sulfide) groups is 1. The van der Waals surface area contributed by atoms with Crippen molar-refractivity contribution in [2.45, 2.75) is 36.9 Å². The van der Waals surface area contributed by atoms with Crippen molar-refractivity contribution in [3.63, 3.8) is 0 Å². The lowest BCUT2D eigenvalue weighted by Gasteiger charge is -2.17. The number of nitrogens with one attached hydrogen (secondary N) is 1. The molecule has 29 heavy (non-hydrogen) atoms. The van der Waals surface area contributed by atoms with Gasteiger partial charge in [0.2, 0.25) is 0 Å². The zero-order valence-electron chi connectivity index (χ0n) is 16.7. The Hall–Kier alpha value is -2.38. The molecule has 0 radical (unpaired) electrons. The highest BCUT2D eigenvalue weighted by atomic mass is 32.2. The van der Waals surface area contributed by atoms with Gasteiger partial charge in [-0.3, -0.25) is 4.79 Å². The van der Waals surface area contributed by atoms with Crippen molar-refractivity contribution in [3.8, 4) is 0 Å². The molecule has 0 aliphatic heterocycles. The minimum atomic E-state index is -0.497. The highest BCUT2D eigenvalue weighted by Gasteiger charge is 2.14. The van der Waals surface area contributed by atoms with Crippen LogP contribution in [0.1, 0.15) is 36.7 Å². The Balaban J connectivity index is 1.48. The van der Waals surface area contributed by atoms with Crippen LogP contribution in [0.15, 0.2) is 52.9 Å². The molecule has 7 heteroatoms. The Morgan fingerprint density at radius 2 is 1.83 bits per heavy atom. The molecule has 0 fully saturated rings. The monoisotopic (exact) mass is 428 g/mol. The predicted octanol–water partition coefficient (Wildman–Crippen LogP) is 4.91. The molecule has 5 nitrogen and oxygen atoms in total. The lowest BCUT2D eigenvalue weighted by Crippen LogP contribution is -2.38. The Morgan fingerprint density at radius 1 is 1.10 bits per heavy atom. The number of esters is 1. The molecule has 1 atom stereocenters. The molecule has 1 N–H and O–H groups in total. The molecular formula is C22H24N2O3S2. The van der Waals surface area contributed by atoms with Crippen LogP contribution in [0.2, 0.25) is 0 Å². The van der Waals surface area contributed by atoms with Crippen molar-refractivity contribution in [1.82, 2.24) is 10.3 Å². The number of amides is 1. The van der Waals surface area contributed by atoms with E-state index in [1.165, 1.54) is 4.70 Å². The van der Waals surface area contributed by atoms with Gasteiger partial charge >= 0.3 is 5.97 Å². The third-order valence-corrected chi connectivity index (χ3v) is 6.80. The molecule has 1 unspecified atom stereocenters. The van der Waals surface area contributed by atoms with Crippen LogP contribution in [0.4, 0.5) is 0 Å². The molecular weight excluding hydrogens is 404 g/mol. The fourth-order valence-corrected chi connectivity index (χ4v) is 4.50. The fourth-order valence-electron chi connectivity index (χ4n) is 2.47. The summed E-state index contributed by atoms with van der Waals surface area (Å²) in [6.45, 7) is 5.70. The molecule has 0 spiro atoms. The van der Waals surface area contributed by atoms with E-state index in [-0.39, 0.29) is 18.6 Å². The lowest BCUT2D eigenvalue weighted by atomic mass is 10.1. The van der Waals surface area contributed by atoms with Gasteiger partial charge in [0.25, 0.3) is 5.91 Å². The van der Waals surface area contributed by atoms with E-state index in [1.54, 1.807) is 35.2 Å². The van der Waals surface area contributed by atoms with Crippen molar-refractivity contribution in [2.24, 2.45) is 5.92 Å². The van der Waals surface area contributed by atoms with Crippen LogP contribution in [0.5, 0.6) is 0 Å². The summed E-state index contributed by atoms with van der Waals surface area (Å²) < 4.78 is 7.31. The van der Waals surface area contributed by atoms with Crippen molar-refractivity contribution < 1.29 is 14.3 Å². The summed E-state index contributed by atoms with van der Waals surface area (Å²) in [5.41, 5.74) is 2.54. The standard InChI is InChI=1S/C22H24N2O3S2/c1-14(2)15(3)23-20(25)12-27-21(26)17-10-8-16(9-11-17)13-28-22-24-18-6-4-5-7-19(18)29-22/h4-11,14-15H,12-13H2,1-3H3,(H,23,25). The Kier molecular flexibility index (Phi) is 7.28. The normalized spacial score (nSPS) is 12.1. The van der Waals surface area contributed by atoms with Gasteiger partial charge in [0, 0.05) is 11.8 Å². The molecule has 152 valence electrons. The average Bonchev–Trinajstić information content (AvgIpc) is 3.13. The number of aromatic nitrogens is 1. The van der Waals surface area contributed by atoms with Gasteiger partial charge in [-0.1, -0.05) is 49.9 Å². The van der Waals surface area contributed by atoms with Gasteiger partial charge in [0.1, 0.15) is 0 Å². The number of para-hydroxylation sites is 1. The number of rotatable bonds is 8. The number of carbonyl (C=O) groups excluding carboxylic acids is 2. The van der Waals surface area contributed by atoms with Crippen LogP contribution in [-0.4, -0.2) is 29.5 Å². The van der Waals surface area contributed by atoms with Gasteiger partial charge in [-0.2, -0.15) is 0 Å². The maximum absolute atomic E-state index is 12.1. The molecule has 0 saturated heterocycles. The number of hydrogen-bond acceptors (Lipinski definition) is 6. The van der Waals surface area contributed by atoms with Crippen LogP contribution in [-0.2, 0) is 15.3 Å². The molecule has 3 aromatic rings. The summed E-state index contributed by atoms with van der Waals surface area (Å²) in [5.74, 6) is 0.305.